The van der Waals surface area contributed by atoms with Gasteiger partial charge in [0.05, 0.1) is 35.1 Å². The summed E-state index contributed by atoms with van der Waals surface area (Å²) in [4.78, 5) is 29.9. The molecule has 0 saturated heterocycles. The number of nitrogens with zero attached hydrogens (tertiary/aromatic N) is 2. The molecule has 4 rings (SSSR count). The van der Waals surface area contributed by atoms with Gasteiger partial charge in [0.1, 0.15) is 5.75 Å². The van der Waals surface area contributed by atoms with E-state index in [1.165, 1.54) is 18.4 Å². The minimum Gasteiger partial charge on any atom is -0.496 e. The van der Waals surface area contributed by atoms with E-state index >= 15 is 0 Å². The minimum absolute atomic E-state index is 0.317. The van der Waals surface area contributed by atoms with Gasteiger partial charge in [-0.1, -0.05) is 35.6 Å². The lowest BCUT2D eigenvalue weighted by Gasteiger charge is -2.07. The van der Waals surface area contributed by atoms with Crippen LogP contribution in [0.15, 0.2) is 59.6 Å². The van der Waals surface area contributed by atoms with E-state index < -0.39 is 0 Å². The second kappa shape index (κ2) is 8.12. The van der Waals surface area contributed by atoms with Gasteiger partial charge in [-0.25, -0.2) is 4.79 Å². The average Bonchev–Trinajstić information content (AvgIpc) is 3.07. The molecule has 0 unspecified atom stereocenters. The van der Waals surface area contributed by atoms with Crippen LogP contribution >= 0.6 is 11.3 Å². The van der Waals surface area contributed by atoms with E-state index in [-0.39, 0.29) is 11.9 Å². The first-order valence-corrected chi connectivity index (χ1v) is 10.3. The number of benzene rings is 3. The first-order valence-electron chi connectivity index (χ1n) is 9.44. The summed E-state index contributed by atoms with van der Waals surface area (Å²) in [7, 11) is 3.38. The molecule has 1 aromatic heterocycles. The van der Waals surface area contributed by atoms with Crippen molar-refractivity contribution in [3.05, 3.63) is 70.5 Å². The lowest BCUT2D eigenvalue weighted by atomic mass is 10.1. The third kappa shape index (κ3) is 3.59. The summed E-state index contributed by atoms with van der Waals surface area (Å²) in [6, 6.07) is 16.7. The molecule has 3 aromatic carbocycles. The first kappa shape index (κ1) is 19.8. The summed E-state index contributed by atoms with van der Waals surface area (Å²) >= 11 is 1.34. The Labute approximate surface area is 177 Å². The van der Waals surface area contributed by atoms with Gasteiger partial charge in [-0.2, -0.15) is 4.99 Å². The number of ether oxygens (including phenoxy) is 2. The molecular weight excluding hydrogens is 400 g/mol. The number of esters is 1. The highest BCUT2D eigenvalue weighted by Crippen LogP contribution is 2.27. The fourth-order valence-electron chi connectivity index (χ4n) is 3.28. The first-order chi connectivity index (χ1) is 14.5. The van der Waals surface area contributed by atoms with Crippen LogP contribution in [0.1, 0.15) is 27.6 Å². The Morgan fingerprint density at radius 2 is 1.80 bits per heavy atom. The second-order valence-corrected chi connectivity index (χ2v) is 7.67. The zero-order valence-electron chi connectivity index (χ0n) is 16.8. The number of aryl methyl sites for hydroxylation is 1. The molecule has 1 heterocycles. The Hall–Kier alpha value is -3.45. The van der Waals surface area contributed by atoms with Crippen LogP contribution in [0.25, 0.3) is 21.0 Å². The average molecular weight is 420 g/mol. The Kier molecular flexibility index (Phi) is 5.37. The molecule has 6 nitrogen and oxygen atoms in total. The molecule has 0 aliphatic heterocycles. The highest BCUT2D eigenvalue weighted by atomic mass is 32.1. The molecule has 152 valence electrons. The molecule has 7 heteroatoms. The summed E-state index contributed by atoms with van der Waals surface area (Å²) in [6.45, 7) is 2.09. The van der Waals surface area contributed by atoms with Crippen molar-refractivity contribution in [2.75, 3.05) is 13.7 Å². The Bertz CT molecular complexity index is 1350. The predicted molar refractivity (Wildman–Crippen MR) is 117 cm³/mol. The van der Waals surface area contributed by atoms with E-state index in [4.69, 9.17) is 9.47 Å². The van der Waals surface area contributed by atoms with Crippen molar-refractivity contribution < 1.29 is 19.1 Å². The Morgan fingerprint density at radius 3 is 2.50 bits per heavy atom. The largest absolute Gasteiger partial charge is 0.496 e. The lowest BCUT2D eigenvalue weighted by molar-refractivity contribution is 0.0526. The van der Waals surface area contributed by atoms with Gasteiger partial charge in [-0.05, 0) is 48.0 Å². The number of carbonyl (C=O) groups is 2. The highest BCUT2D eigenvalue weighted by Gasteiger charge is 2.15. The molecule has 0 fully saturated rings. The molecule has 0 spiro atoms. The molecule has 0 N–H and O–H groups in total. The fourth-order valence-corrected chi connectivity index (χ4v) is 4.34. The van der Waals surface area contributed by atoms with Crippen LogP contribution in [0.3, 0.4) is 0 Å². The molecule has 4 aromatic rings. The van der Waals surface area contributed by atoms with E-state index in [0.29, 0.717) is 28.3 Å². The summed E-state index contributed by atoms with van der Waals surface area (Å²) in [5.41, 5.74) is 1.76. The molecule has 30 heavy (non-hydrogen) atoms. The quantitative estimate of drug-likeness (QED) is 0.461. The van der Waals surface area contributed by atoms with E-state index in [9.17, 15) is 9.59 Å². The maximum atomic E-state index is 13.0. The topological polar surface area (TPSA) is 69.9 Å². The van der Waals surface area contributed by atoms with Gasteiger partial charge in [-0.15, -0.1) is 0 Å². The third-order valence-corrected chi connectivity index (χ3v) is 5.91. The van der Waals surface area contributed by atoms with Crippen molar-refractivity contribution >= 4 is 44.2 Å². The maximum absolute atomic E-state index is 13.0. The monoisotopic (exact) mass is 420 g/mol. The van der Waals surface area contributed by atoms with Crippen LogP contribution in [0.4, 0.5) is 0 Å². The summed E-state index contributed by atoms with van der Waals surface area (Å²) in [5.74, 6) is -0.271. The minimum atomic E-state index is -0.384. The molecule has 1 amide bonds. The number of rotatable bonds is 4. The van der Waals surface area contributed by atoms with Crippen LogP contribution in [0, 0.1) is 0 Å². The van der Waals surface area contributed by atoms with Crippen LogP contribution in [-0.2, 0) is 11.8 Å². The van der Waals surface area contributed by atoms with Gasteiger partial charge in [0, 0.05) is 7.05 Å². The van der Waals surface area contributed by atoms with Crippen molar-refractivity contribution in [1.29, 1.82) is 0 Å². The number of hydrogen-bond acceptors (Lipinski definition) is 5. The predicted octanol–water partition coefficient (Wildman–Crippen LogP) is 4.32. The van der Waals surface area contributed by atoms with Gasteiger partial charge in [-0.3, -0.25) is 4.79 Å². The van der Waals surface area contributed by atoms with Gasteiger partial charge in [0.2, 0.25) is 0 Å². The molecule has 0 bridgehead atoms. The lowest BCUT2D eigenvalue weighted by Crippen LogP contribution is -2.13. The molecule has 0 radical (unpaired) electrons. The van der Waals surface area contributed by atoms with Crippen molar-refractivity contribution in [3.63, 3.8) is 0 Å². The number of carbonyl (C=O) groups excluding carboxylic acids is 2. The number of aromatic nitrogens is 1. The van der Waals surface area contributed by atoms with E-state index in [1.807, 2.05) is 48.0 Å². The Balaban J connectivity index is 1.79. The van der Waals surface area contributed by atoms with Crippen LogP contribution in [0.5, 0.6) is 5.75 Å². The normalized spacial score (nSPS) is 11.8. The van der Waals surface area contributed by atoms with E-state index in [0.717, 1.165) is 21.0 Å². The van der Waals surface area contributed by atoms with Crippen molar-refractivity contribution in [1.82, 2.24) is 4.57 Å². The van der Waals surface area contributed by atoms with Crippen LogP contribution in [-0.4, -0.2) is 30.2 Å². The van der Waals surface area contributed by atoms with Gasteiger partial charge in [0.25, 0.3) is 5.91 Å². The van der Waals surface area contributed by atoms with Gasteiger partial charge in [0.15, 0.2) is 4.80 Å². The van der Waals surface area contributed by atoms with Gasteiger partial charge < -0.3 is 14.0 Å². The van der Waals surface area contributed by atoms with E-state index in [1.54, 1.807) is 25.1 Å². The smallest absolute Gasteiger partial charge is 0.338 e. The molecule has 0 atom stereocenters. The third-order valence-electron chi connectivity index (χ3n) is 4.82. The van der Waals surface area contributed by atoms with Crippen molar-refractivity contribution in [3.8, 4) is 5.75 Å². The van der Waals surface area contributed by atoms with Crippen LogP contribution in [0.2, 0.25) is 0 Å². The number of thiazole rings is 1. The number of fused-ring (bicyclic) bond motifs is 2. The van der Waals surface area contributed by atoms with Crippen LogP contribution < -0.4 is 9.54 Å². The standard InChI is InChI=1S/C23H20N2O4S/c1-4-29-22(27)16-9-10-18-20(13-16)30-23(25(18)2)24-21(26)17-11-14-7-5-6-8-15(14)12-19(17)28-3/h5-13H,4H2,1-3H3. The van der Waals surface area contributed by atoms with Gasteiger partial charge >= 0.3 is 5.97 Å². The maximum Gasteiger partial charge on any atom is 0.338 e. The fraction of sp³-hybridized carbons (Fsp3) is 0.174. The highest BCUT2D eigenvalue weighted by molar-refractivity contribution is 7.16. The molecule has 0 aliphatic carbocycles. The molecule has 0 saturated carbocycles. The Morgan fingerprint density at radius 1 is 1.07 bits per heavy atom. The SMILES string of the molecule is CCOC(=O)c1ccc2c(c1)sc(=NC(=O)c1cc3ccccc3cc1OC)n2C. The molecular formula is C23H20N2O4S. The summed E-state index contributed by atoms with van der Waals surface area (Å²) < 4.78 is 13.2. The number of methoxy groups -OCH3 is 1. The summed E-state index contributed by atoms with van der Waals surface area (Å²) in [5, 5.41) is 1.93. The van der Waals surface area contributed by atoms with Crippen molar-refractivity contribution in [2.45, 2.75) is 6.92 Å². The second-order valence-electron chi connectivity index (χ2n) is 6.66. The zero-order valence-corrected chi connectivity index (χ0v) is 17.7. The van der Waals surface area contributed by atoms with E-state index in [2.05, 4.69) is 4.99 Å². The number of hydrogen-bond donors (Lipinski definition) is 0. The van der Waals surface area contributed by atoms with Crippen molar-refractivity contribution in [2.24, 2.45) is 12.0 Å². The zero-order chi connectivity index (χ0) is 21.3. The molecule has 0 aliphatic rings. The summed E-state index contributed by atoms with van der Waals surface area (Å²) in [6.07, 6.45) is 0. The number of amides is 1.